The summed E-state index contributed by atoms with van der Waals surface area (Å²) in [6, 6.07) is 4.63. The first kappa shape index (κ1) is 31.8. The lowest BCUT2D eigenvalue weighted by Gasteiger charge is -2.29. The monoisotopic (exact) mass is 581 g/mol. The van der Waals surface area contributed by atoms with Crippen molar-refractivity contribution in [3.05, 3.63) is 87.1 Å². The molecule has 0 saturated carbocycles. The van der Waals surface area contributed by atoms with Gasteiger partial charge in [-0.25, -0.2) is 0 Å². The minimum absolute atomic E-state index is 0.0329. The van der Waals surface area contributed by atoms with Gasteiger partial charge in [-0.1, -0.05) is 35.8 Å². The van der Waals surface area contributed by atoms with Gasteiger partial charge in [-0.2, -0.15) is 26.3 Å². The van der Waals surface area contributed by atoms with Crippen molar-refractivity contribution in [2.75, 3.05) is 0 Å². The van der Waals surface area contributed by atoms with E-state index in [9.17, 15) is 31.1 Å². The zero-order chi connectivity index (χ0) is 29.1. The molecule has 11 heteroatoms. The van der Waals surface area contributed by atoms with Crippen molar-refractivity contribution in [3.63, 3.8) is 0 Å². The molecule has 0 heterocycles. The van der Waals surface area contributed by atoms with Crippen molar-refractivity contribution >= 4 is 29.2 Å². The molecule has 0 radical (unpaired) electrons. The fraction of sp³-hybridized carbons (Fsp3) is 0.407. The van der Waals surface area contributed by atoms with E-state index in [4.69, 9.17) is 33.7 Å². The second kappa shape index (κ2) is 12.2. The van der Waals surface area contributed by atoms with Crippen LogP contribution in [0, 0.1) is 11.8 Å². The number of hydrogen-bond acceptors (Lipinski definition) is 3. The topological polar surface area (TPSA) is 52.3 Å². The molecule has 0 bridgehead atoms. The summed E-state index contributed by atoms with van der Waals surface area (Å²) in [6.45, 7) is 8.49. The van der Waals surface area contributed by atoms with E-state index in [0.29, 0.717) is 22.7 Å². The fourth-order valence-electron chi connectivity index (χ4n) is 3.83. The molecule has 0 spiro atoms. The SMILES string of the molecule is C=C=CC(CC(N)c1cc(C(F)(F)F)cc(C(F)(F)F)c1)C(Cc1ccc(Cl)c(Cl)c1)C(=O)OC(C)(C)C. The molecule has 2 N–H and O–H groups in total. The molecule has 0 fully saturated rings. The Morgan fingerprint density at radius 3 is 2.00 bits per heavy atom. The Morgan fingerprint density at radius 1 is 1.00 bits per heavy atom. The molecular formula is C27H27Cl2F6NO2. The normalized spacial score (nSPS) is 14.8. The molecule has 0 aliphatic carbocycles. The summed E-state index contributed by atoms with van der Waals surface area (Å²) >= 11 is 12.1. The van der Waals surface area contributed by atoms with Crippen LogP contribution in [0.4, 0.5) is 26.3 Å². The standard InChI is InChI=1S/C27H27Cl2F6NO2/c1-5-6-16(13-23(36)17-11-18(26(30,31)32)14-19(12-17)27(33,34)35)20(24(37)38-25(2,3)4)9-15-7-8-21(28)22(29)10-15/h6-8,10-12,14,16,20,23H,1,9,13,36H2,2-4H3. The first-order chi connectivity index (χ1) is 17.3. The summed E-state index contributed by atoms with van der Waals surface area (Å²) in [7, 11) is 0. The maximum atomic E-state index is 13.4. The fourth-order valence-corrected chi connectivity index (χ4v) is 4.15. The van der Waals surface area contributed by atoms with Crippen molar-refractivity contribution in [1.82, 2.24) is 0 Å². The Kier molecular flexibility index (Phi) is 10.2. The van der Waals surface area contributed by atoms with Crippen molar-refractivity contribution in [2.24, 2.45) is 17.6 Å². The van der Waals surface area contributed by atoms with Crippen molar-refractivity contribution in [2.45, 2.75) is 57.6 Å². The molecule has 208 valence electrons. The van der Waals surface area contributed by atoms with Gasteiger partial charge in [0, 0.05) is 6.04 Å². The van der Waals surface area contributed by atoms with Crippen LogP contribution >= 0.6 is 23.2 Å². The molecule has 0 aliphatic heterocycles. The van der Waals surface area contributed by atoms with E-state index in [0.717, 1.165) is 0 Å². The van der Waals surface area contributed by atoms with E-state index in [-0.39, 0.29) is 29.5 Å². The lowest BCUT2D eigenvalue weighted by atomic mass is 9.81. The van der Waals surface area contributed by atoms with Gasteiger partial charge in [-0.15, -0.1) is 5.73 Å². The first-order valence-electron chi connectivity index (χ1n) is 11.4. The number of hydrogen-bond donors (Lipinski definition) is 1. The minimum Gasteiger partial charge on any atom is -0.460 e. The quantitative estimate of drug-likeness (QED) is 0.193. The van der Waals surface area contributed by atoms with Gasteiger partial charge in [0.1, 0.15) is 5.60 Å². The predicted octanol–water partition coefficient (Wildman–Crippen LogP) is 8.58. The number of halogens is 8. The van der Waals surface area contributed by atoms with Crippen LogP contribution in [-0.4, -0.2) is 11.6 Å². The zero-order valence-electron chi connectivity index (χ0n) is 20.8. The molecule has 0 saturated heterocycles. The Morgan fingerprint density at radius 2 is 1.55 bits per heavy atom. The molecule has 2 rings (SSSR count). The minimum atomic E-state index is -5.02. The van der Waals surface area contributed by atoms with Gasteiger partial charge in [0.15, 0.2) is 0 Å². The maximum absolute atomic E-state index is 13.4. The number of benzene rings is 2. The highest BCUT2D eigenvalue weighted by Gasteiger charge is 2.38. The van der Waals surface area contributed by atoms with E-state index in [1.165, 1.54) is 12.1 Å². The summed E-state index contributed by atoms with van der Waals surface area (Å²) in [5.74, 6) is -2.40. The largest absolute Gasteiger partial charge is 0.460 e. The van der Waals surface area contributed by atoms with Crippen LogP contribution in [0.3, 0.4) is 0 Å². The van der Waals surface area contributed by atoms with E-state index in [1.54, 1.807) is 32.9 Å². The molecule has 38 heavy (non-hydrogen) atoms. The van der Waals surface area contributed by atoms with Crippen LogP contribution in [0.5, 0.6) is 0 Å². The number of carbonyl (C=O) groups excluding carboxylic acids is 1. The highest BCUT2D eigenvalue weighted by atomic mass is 35.5. The van der Waals surface area contributed by atoms with Gasteiger partial charge in [-0.05, 0) is 87.1 Å². The first-order valence-corrected chi connectivity index (χ1v) is 12.1. The van der Waals surface area contributed by atoms with E-state index in [2.05, 4.69) is 12.3 Å². The van der Waals surface area contributed by atoms with Crippen LogP contribution in [-0.2, 0) is 28.3 Å². The number of esters is 1. The van der Waals surface area contributed by atoms with E-state index >= 15 is 0 Å². The third kappa shape index (κ3) is 9.09. The summed E-state index contributed by atoms with van der Waals surface area (Å²) < 4.78 is 85.7. The third-order valence-corrected chi connectivity index (χ3v) is 6.30. The molecule has 2 aromatic rings. The molecular weight excluding hydrogens is 555 g/mol. The van der Waals surface area contributed by atoms with Crippen molar-refractivity contribution in [3.8, 4) is 0 Å². The number of carbonyl (C=O) groups is 1. The number of nitrogens with two attached hydrogens (primary N) is 1. The van der Waals surface area contributed by atoms with Crippen LogP contribution < -0.4 is 5.73 Å². The van der Waals surface area contributed by atoms with E-state index < -0.39 is 52.9 Å². The lowest BCUT2D eigenvalue weighted by molar-refractivity contribution is -0.161. The molecule has 3 unspecified atom stereocenters. The maximum Gasteiger partial charge on any atom is 0.416 e. The van der Waals surface area contributed by atoms with Gasteiger partial charge in [0.25, 0.3) is 0 Å². The average molecular weight is 582 g/mol. The number of alkyl halides is 6. The van der Waals surface area contributed by atoms with E-state index in [1.807, 2.05) is 0 Å². The number of rotatable bonds is 8. The van der Waals surface area contributed by atoms with Crippen LogP contribution in [0.15, 0.2) is 54.8 Å². The number of ether oxygens (including phenoxy) is 1. The summed E-state index contributed by atoms with van der Waals surface area (Å²) in [6.07, 6.45) is -8.78. The molecule has 3 nitrogen and oxygen atoms in total. The van der Waals surface area contributed by atoms with Crippen molar-refractivity contribution < 1.29 is 35.9 Å². The molecule has 2 aromatic carbocycles. The second-order valence-corrected chi connectivity index (χ2v) is 10.6. The van der Waals surface area contributed by atoms with Crippen molar-refractivity contribution in [1.29, 1.82) is 0 Å². The summed E-state index contributed by atoms with van der Waals surface area (Å²) in [5, 5.41) is 0.530. The Balaban J connectivity index is 2.52. The molecule has 0 amide bonds. The van der Waals surface area contributed by atoms with Crippen LogP contribution in [0.25, 0.3) is 0 Å². The summed E-state index contributed by atoms with van der Waals surface area (Å²) in [4.78, 5) is 13.2. The molecule has 3 atom stereocenters. The number of allylic oxidation sites excluding steroid dienone is 1. The Bertz CT molecular complexity index is 1170. The van der Waals surface area contributed by atoms with Gasteiger partial charge >= 0.3 is 18.3 Å². The highest BCUT2D eigenvalue weighted by molar-refractivity contribution is 6.42. The lowest BCUT2D eigenvalue weighted by Crippen LogP contribution is -2.34. The van der Waals surface area contributed by atoms with Gasteiger partial charge in [0.05, 0.1) is 27.1 Å². The second-order valence-electron chi connectivity index (χ2n) is 9.81. The van der Waals surface area contributed by atoms with Crippen LogP contribution in [0.1, 0.15) is 55.5 Å². The smallest absolute Gasteiger partial charge is 0.416 e. The predicted molar refractivity (Wildman–Crippen MR) is 135 cm³/mol. The Hall–Kier alpha value is -2.45. The van der Waals surface area contributed by atoms with Gasteiger partial charge in [-0.3, -0.25) is 4.79 Å². The highest BCUT2D eigenvalue weighted by Crippen LogP contribution is 2.39. The Labute approximate surface area is 227 Å². The average Bonchev–Trinajstić information content (AvgIpc) is 2.76. The van der Waals surface area contributed by atoms with Gasteiger partial charge < -0.3 is 10.5 Å². The summed E-state index contributed by atoms with van der Waals surface area (Å²) in [5.41, 5.74) is 5.10. The van der Waals surface area contributed by atoms with Gasteiger partial charge in [0.2, 0.25) is 0 Å². The zero-order valence-corrected chi connectivity index (χ0v) is 22.3. The van der Waals surface area contributed by atoms with Crippen LogP contribution in [0.2, 0.25) is 10.0 Å². The molecule has 0 aromatic heterocycles. The third-order valence-electron chi connectivity index (χ3n) is 5.56. The molecule has 0 aliphatic rings.